The van der Waals surface area contributed by atoms with Crippen LogP contribution in [0.1, 0.15) is 0 Å². The molecule has 4 nitrogen and oxygen atoms in total. The van der Waals surface area contributed by atoms with Crippen LogP contribution in [0, 0.1) is 0 Å². The molecule has 0 aromatic heterocycles. The summed E-state index contributed by atoms with van der Waals surface area (Å²) in [5, 5.41) is 15.6. The molecule has 0 saturated carbocycles. The summed E-state index contributed by atoms with van der Waals surface area (Å²) in [5.41, 5.74) is 0. The molecule has 0 saturated heterocycles. The van der Waals surface area contributed by atoms with Crippen molar-refractivity contribution in [2.45, 2.75) is 0 Å². The van der Waals surface area contributed by atoms with Crippen LogP contribution >= 0.6 is 0 Å². The van der Waals surface area contributed by atoms with E-state index in [0.29, 0.717) is 12.2 Å². The van der Waals surface area contributed by atoms with Gasteiger partial charge in [0.15, 0.2) is 0 Å². The fourth-order valence-corrected chi connectivity index (χ4v) is 0.143. The zero-order valence-electron chi connectivity index (χ0n) is 4.37. The molecule has 0 rings (SSSR count). The number of carbonyl (C=O) groups is 2. The minimum atomic E-state index is -1.26. The van der Waals surface area contributed by atoms with Gasteiger partial charge in [0.05, 0.1) is 0 Å². The molecule has 0 bridgehead atoms. The second kappa shape index (κ2) is 9.56. The largest absolute Gasteiger partial charge is 0 e. The van der Waals surface area contributed by atoms with Gasteiger partial charge >= 0.3 is 41.5 Å². The number of carboxylic acids is 2. The molecule has 10 heavy (non-hydrogen) atoms. The molecule has 0 heterocycles. The Morgan fingerprint density at radius 2 is 1.20 bits per heavy atom. The topological polar surface area (TPSA) is 74.6 Å². The Morgan fingerprint density at radius 1 is 1.00 bits per heavy atom. The summed E-state index contributed by atoms with van der Waals surface area (Å²) in [5.74, 6) is -2.51. The average Bonchev–Trinajstić information content (AvgIpc) is 1.61. The van der Waals surface area contributed by atoms with Crippen LogP contribution in [0.3, 0.4) is 0 Å². The van der Waals surface area contributed by atoms with Gasteiger partial charge in [-0.1, -0.05) is 0 Å². The number of aliphatic carboxylic acids is 2. The number of carboxylic acid groups (broad SMARTS) is 2. The SMILES string of the molecule is O=C(O)/C=C\C(=O)O.[NaH].[Zr]. The minimum absolute atomic E-state index is 0. The van der Waals surface area contributed by atoms with Gasteiger partial charge in [0, 0.05) is 38.4 Å². The minimum Gasteiger partial charge on any atom is 0 e. The van der Waals surface area contributed by atoms with E-state index in [1.165, 1.54) is 0 Å². The van der Waals surface area contributed by atoms with Crippen LogP contribution in [0.4, 0.5) is 0 Å². The molecule has 0 aliphatic carbocycles. The van der Waals surface area contributed by atoms with Gasteiger partial charge in [0.1, 0.15) is 0 Å². The molecule has 0 aromatic carbocycles. The number of hydrogen-bond donors (Lipinski definition) is 2. The van der Waals surface area contributed by atoms with E-state index in [-0.39, 0.29) is 55.8 Å². The monoisotopic (exact) mass is 230 g/mol. The van der Waals surface area contributed by atoms with E-state index >= 15 is 0 Å². The second-order valence-electron chi connectivity index (χ2n) is 1.01. The van der Waals surface area contributed by atoms with Gasteiger partial charge in [-0.05, 0) is 0 Å². The van der Waals surface area contributed by atoms with Gasteiger partial charge in [0.25, 0.3) is 0 Å². The summed E-state index contributed by atoms with van der Waals surface area (Å²) in [6, 6.07) is 0. The zero-order chi connectivity index (χ0) is 6.57. The van der Waals surface area contributed by atoms with Crippen LogP contribution in [-0.4, -0.2) is 51.7 Å². The molecule has 0 spiro atoms. The Balaban J connectivity index is -0.000000245. The van der Waals surface area contributed by atoms with Crippen molar-refractivity contribution in [1.29, 1.82) is 0 Å². The Bertz CT molecular complexity index is 128. The van der Waals surface area contributed by atoms with Crippen molar-refractivity contribution in [3.8, 4) is 0 Å². The first-order chi connectivity index (χ1) is 3.63. The first-order valence-corrected chi connectivity index (χ1v) is 1.77. The Kier molecular flexibility index (Phi) is 16.2. The molecule has 50 valence electrons. The summed E-state index contributed by atoms with van der Waals surface area (Å²) in [6.07, 6.45) is 1.12. The van der Waals surface area contributed by atoms with E-state index in [1.807, 2.05) is 0 Å². The number of hydrogen-bond acceptors (Lipinski definition) is 2. The van der Waals surface area contributed by atoms with Gasteiger partial charge in [0.2, 0.25) is 0 Å². The zero-order valence-corrected chi connectivity index (χ0v) is 6.82. The van der Waals surface area contributed by atoms with E-state index in [2.05, 4.69) is 0 Å². The maximum atomic E-state index is 9.55. The van der Waals surface area contributed by atoms with Crippen molar-refractivity contribution in [3.05, 3.63) is 12.2 Å². The third kappa shape index (κ3) is 15.8. The molecule has 0 aromatic rings. The van der Waals surface area contributed by atoms with Crippen molar-refractivity contribution in [1.82, 2.24) is 0 Å². The van der Waals surface area contributed by atoms with Gasteiger partial charge in [-0.25, -0.2) is 9.59 Å². The van der Waals surface area contributed by atoms with Gasteiger partial charge < -0.3 is 10.2 Å². The smallest absolute Gasteiger partial charge is 0 e. The summed E-state index contributed by atoms with van der Waals surface area (Å²) in [6.45, 7) is 0. The summed E-state index contributed by atoms with van der Waals surface area (Å²) >= 11 is 0. The van der Waals surface area contributed by atoms with E-state index in [9.17, 15) is 9.59 Å². The third-order valence-electron chi connectivity index (χ3n) is 0.368. The molecule has 0 aliphatic rings. The third-order valence-corrected chi connectivity index (χ3v) is 0.368. The molecular formula is C4H5NaO4Zr. The molecule has 2 N–H and O–H groups in total. The average molecular weight is 231 g/mol. The van der Waals surface area contributed by atoms with E-state index in [0.717, 1.165) is 0 Å². The first kappa shape index (κ1) is 16.9. The molecule has 0 aliphatic heterocycles. The van der Waals surface area contributed by atoms with Crippen LogP contribution in [0.15, 0.2) is 12.2 Å². The van der Waals surface area contributed by atoms with E-state index in [4.69, 9.17) is 10.2 Å². The fraction of sp³-hybridized carbons (Fsp3) is 0. The Labute approximate surface area is 98.7 Å². The molecule has 6 heteroatoms. The maximum Gasteiger partial charge on any atom is 0 e. The molecular weight excluding hydrogens is 226 g/mol. The number of rotatable bonds is 2. The van der Waals surface area contributed by atoms with E-state index < -0.39 is 11.9 Å². The van der Waals surface area contributed by atoms with Crippen molar-refractivity contribution in [2.75, 3.05) is 0 Å². The van der Waals surface area contributed by atoms with Crippen LogP contribution in [0.25, 0.3) is 0 Å². The Hall–Kier alpha value is 0.563. The summed E-state index contributed by atoms with van der Waals surface area (Å²) < 4.78 is 0. The normalized spacial score (nSPS) is 7.60. The summed E-state index contributed by atoms with van der Waals surface area (Å²) in [4.78, 5) is 19.1. The molecule has 0 atom stereocenters. The van der Waals surface area contributed by atoms with Gasteiger partial charge in [-0.3, -0.25) is 0 Å². The first-order valence-electron chi connectivity index (χ1n) is 1.77. The Morgan fingerprint density at radius 3 is 1.30 bits per heavy atom. The predicted octanol–water partition coefficient (Wildman–Crippen LogP) is -0.939. The molecule has 0 radical (unpaired) electrons. The molecule has 0 fully saturated rings. The summed E-state index contributed by atoms with van der Waals surface area (Å²) in [7, 11) is 0. The van der Waals surface area contributed by atoms with Crippen LogP contribution in [0.5, 0.6) is 0 Å². The predicted molar refractivity (Wildman–Crippen MR) is 31.6 cm³/mol. The van der Waals surface area contributed by atoms with Crippen LogP contribution in [0.2, 0.25) is 0 Å². The quantitative estimate of drug-likeness (QED) is 0.475. The van der Waals surface area contributed by atoms with Crippen LogP contribution in [-0.2, 0) is 35.8 Å². The molecule has 0 amide bonds. The maximum absolute atomic E-state index is 9.55. The van der Waals surface area contributed by atoms with Crippen molar-refractivity contribution < 1.29 is 46.0 Å². The fourth-order valence-electron chi connectivity index (χ4n) is 0.143. The molecule has 0 unspecified atom stereocenters. The second-order valence-corrected chi connectivity index (χ2v) is 1.01. The van der Waals surface area contributed by atoms with Crippen LogP contribution < -0.4 is 0 Å². The van der Waals surface area contributed by atoms with Gasteiger partial charge in [-0.2, -0.15) is 0 Å². The van der Waals surface area contributed by atoms with Crippen molar-refractivity contribution in [2.24, 2.45) is 0 Å². The standard InChI is InChI=1S/C4H4O4.Na.Zr.H/c5-3(6)1-2-4(7)8;;;/h1-2H,(H,5,6)(H,7,8);;;/b2-1-;;;. The van der Waals surface area contributed by atoms with Gasteiger partial charge in [-0.15, -0.1) is 0 Å². The van der Waals surface area contributed by atoms with Crippen molar-refractivity contribution >= 4 is 41.5 Å². The van der Waals surface area contributed by atoms with Crippen molar-refractivity contribution in [3.63, 3.8) is 0 Å². The van der Waals surface area contributed by atoms with E-state index in [1.54, 1.807) is 0 Å².